The van der Waals surface area contributed by atoms with Gasteiger partial charge in [0, 0.05) is 0 Å². The minimum Gasteiger partial charge on any atom is -0.370 e. The Balaban J connectivity index is 0.000000191. The number of halogens is 1. The number of hydrogen-bond acceptors (Lipinski definition) is 7. The predicted molar refractivity (Wildman–Crippen MR) is 181 cm³/mol. The third-order valence-electron chi connectivity index (χ3n) is 7.55. The molecule has 6 rings (SSSR count). The lowest BCUT2D eigenvalue weighted by molar-refractivity contribution is 0.103. The Kier molecular flexibility index (Phi) is 11.4. The van der Waals surface area contributed by atoms with E-state index in [4.69, 9.17) is 14.7 Å². The monoisotopic (exact) mass is 649 g/mol. The quantitative estimate of drug-likeness (QED) is 0.150. The van der Waals surface area contributed by atoms with Crippen molar-refractivity contribution in [2.24, 2.45) is 0 Å². The molecule has 9 nitrogen and oxygen atoms in total. The van der Waals surface area contributed by atoms with Gasteiger partial charge in [-0.2, -0.15) is 26.0 Å². The zero-order chi connectivity index (χ0) is 34.6. The number of hydrogen-bond donors (Lipinski definition) is 0. The van der Waals surface area contributed by atoms with Crippen LogP contribution in [0, 0.1) is 53.7 Å². The second kappa shape index (κ2) is 16.4. The van der Waals surface area contributed by atoms with Crippen molar-refractivity contribution in [1.82, 2.24) is 19.6 Å². The number of ether oxygens (including phenoxy) is 2. The zero-order valence-electron chi connectivity index (χ0n) is 27.0. The molecule has 6 aromatic rings. The summed E-state index contributed by atoms with van der Waals surface area (Å²) in [6, 6.07) is 39.2. The molecule has 0 unspecified atom stereocenters. The average Bonchev–Trinajstić information content (AvgIpc) is 3.64. The van der Waals surface area contributed by atoms with Gasteiger partial charge in [-0.1, -0.05) is 60.7 Å². The molecule has 0 radical (unpaired) electrons. The van der Waals surface area contributed by atoms with E-state index in [1.165, 1.54) is 12.1 Å². The van der Waals surface area contributed by atoms with Crippen molar-refractivity contribution in [3.63, 3.8) is 0 Å². The lowest BCUT2D eigenvalue weighted by atomic mass is 10.1. The van der Waals surface area contributed by atoms with Crippen molar-refractivity contribution in [3.8, 4) is 29.6 Å². The number of nitriles is 3. The Morgan fingerprint density at radius 2 is 1.00 bits per heavy atom. The lowest BCUT2D eigenvalue weighted by Gasteiger charge is -2.09. The molecule has 0 saturated heterocycles. The summed E-state index contributed by atoms with van der Waals surface area (Å²) in [6.07, 6.45) is 0. The molecule has 2 aromatic heterocycles. The Hall–Kier alpha value is -6.38. The second-order valence-electron chi connectivity index (χ2n) is 11.0. The van der Waals surface area contributed by atoms with E-state index >= 15 is 0 Å². The summed E-state index contributed by atoms with van der Waals surface area (Å²) in [5.74, 6) is -0.315. The molecule has 0 amide bonds. The highest BCUT2D eigenvalue weighted by molar-refractivity contribution is 5.44. The normalized spacial score (nSPS) is 10.4. The largest absolute Gasteiger partial charge is 0.370 e. The van der Waals surface area contributed by atoms with Crippen molar-refractivity contribution < 1.29 is 13.9 Å². The van der Waals surface area contributed by atoms with Crippen LogP contribution >= 0.6 is 0 Å². The van der Waals surface area contributed by atoms with Gasteiger partial charge < -0.3 is 9.47 Å². The van der Waals surface area contributed by atoms with Crippen LogP contribution in [0.3, 0.4) is 0 Å². The van der Waals surface area contributed by atoms with Crippen LogP contribution in [0.2, 0.25) is 0 Å². The first kappa shape index (κ1) is 34.0. The Morgan fingerprint density at radius 1 is 0.551 bits per heavy atom. The standard InChI is InChI=1S/C20H16N4O.C19H16FN3O/c1-15-19(12-22)20(24(23-15)18-5-3-2-4-6-18)14-25-13-17-9-7-16(11-21)8-10-17;1-14-18(11-21)19(13-24-12-15-5-3-2-4-6-15)23(22-14)17-9-7-16(20)8-10-17/h2-10H,13-14H2,1H3;2-10H,12-13H2,1H3. The molecule has 0 aliphatic carbocycles. The molecule has 0 fully saturated rings. The van der Waals surface area contributed by atoms with Gasteiger partial charge in [-0.25, -0.2) is 13.8 Å². The van der Waals surface area contributed by atoms with Crippen molar-refractivity contribution in [2.45, 2.75) is 40.3 Å². The fourth-order valence-corrected chi connectivity index (χ4v) is 5.07. The summed E-state index contributed by atoms with van der Waals surface area (Å²) in [4.78, 5) is 0. The van der Waals surface area contributed by atoms with E-state index in [-0.39, 0.29) is 19.0 Å². The van der Waals surface area contributed by atoms with Gasteiger partial charge in [0.2, 0.25) is 0 Å². The summed E-state index contributed by atoms with van der Waals surface area (Å²) in [7, 11) is 0. The molecule has 49 heavy (non-hydrogen) atoms. The van der Waals surface area contributed by atoms with Crippen LogP contribution in [0.25, 0.3) is 11.4 Å². The molecule has 0 saturated carbocycles. The first-order valence-corrected chi connectivity index (χ1v) is 15.4. The maximum atomic E-state index is 13.1. The van der Waals surface area contributed by atoms with Crippen molar-refractivity contribution in [1.29, 1.82) is 15.8 Å². The Labute approximate surface area is 284 Å². The average molecular weight is 650 g/mol. The third kappa shape index (κ3) is 8.51. The Morgan fingerprint density at radius 3 is 1.47 bits per heavy atom. The molecule has 4 aromatic carbocycles. The van der Waals surface area contributed by atoms with E-state index in [0.29, 0.717) is 52.7 Å². The summed E-state index contributed by atoms with van der Waals surface area (Å²) in [5, 5.41) is 36.6. The lowest BCUT2D eigenvalue weighted by Crippen LogP contribution is -2.05. The van der Waals surface area contributed by atoms with Crippen LogP contribution in [0.4, 0.5) is 4.39 Å². The highest BCUT2D eigenvalue weighted by Gasteiger charge is 2.18. The molecular formula is C39H32FN7O2. The number of para-hydroxylation sites is 1. The second-order valence-corrected chi connectivity index (χ2v) is 11.0. The van der Waals surface area contributed by atoms with Crippen LogP contribution < -0.4 is 0 Å². The van der Waals surface area contributed by atoms with E-state index in [2.05, 4.69) is 28.4 Å². The number of aryl methyl sites for hydroxylation is 2. The van der Waals surface area contributed by atoms with E-state index < -0.39 is 0 Å². The highest BCUT2D eigenvalue weighted by atomic mass is 19.1. The fourth-order valence-electron chi connectivity index (χ4n) is 5.07. The Bertz CT molecular complexity index is 2120. The topological polar surface area (TPSA) is 125 Å². The van der Waals surface area contributed by atoms with Gasteiger partial charge in [-0.15, -0.1) is 0 Å². The number of nitrogens with zero attached hydrogens (tertiary/aromatic N) is 7. The van der Waals surface area contributed by atoms with Crippen molar-refractivity contribution >= 4 is 0 Å². The van der Waals surface area contributed by atoms with E-state index in [1.54, 1.807) is 40.6 Å². The molecule has 242 valence electrons. The highest BCUT2D eigenvalue weighted by Crippen LogP contribution is 2.21. The summed E-state index contributed by atoms with van der Waals surface area (Å²) in [6.45, 7) is 4.96. The van der Waals surface area contributed by atoms with Gasteiger partial charge in [-0.05, 0) is 73.5 Å². The fraction of sp³-hybridized carbons (Fsp3) is 0.154. The molecule has 0 bridgehead atoms. The van der Waals surface area contributed by atoms with Crippen LogP contribution in [0.1, 0.15) is 50.6 Å². The molecule has 0 aliphatic rings. The van der Waals surface area contributed by atoms with E-state index in [9.17, 15) is 14.9 Å². The first-order chi connectivity index (χ1) is 23.9. The minimum absolute atomic E-state index is 0.246. The number of aromatic nitrogens is 4. The molecular weight excluding hydrogens is 617 g/mol. The van der Waals surface area contributed by atoms with E-state index in [1.807, 2.05) is 79.7 Å². The minimum atomic E-state index is -0.315. The SMILES string of the molecule is Cc1nn(-c2ccc(F)cc2)c(COCc2ccccc2)c1C#N.Cc1nn(-c2ccccc2)c(COCc2ccc(C#N)cc2)c1C#N. The van der Waals surface area contributed by atoms with Crippen molar-refractivity contribution in [2.75, 3.05) is 0 Å². The molecule has 0 N–H and O–H groups in total. The maximum absolute atomic E-state index is 13.1. The van der Waals surface area contributed by atoms with Gasteiger partial charge in [0.1, 0.15) is 18.0 Å². The van der Waals surface area contributed by atoms with Crippen LogP contribution in [0.15, 0.2) is 109 Å². The molecule has 0 aliphatic heterocycles. The van der Waals surface area contributed by atoms with Gasteiger partial charge in [-0.3, -0.25) is 0 Å². The summed E-state index contributed by atoms with van der Waals surface area (Å²) >= 11 is 0. The predicted octanol–water partition coefficient (Wildman–Crippen LogP) is 7.55. The van der Waals surface area contributed by atoms with Crippen LogP contribution in [-0.4, -0.2) is 19.6 Å². The molecule has 0 atom stereocenters. The third-order valence-corrected chi connectivity index (χ3v) is 7.55. The smallest absolute Gasteiger partial charge is 0.123 e. The van der Waals surface area contributed by atoms with Gasteiger partial charge in [0.05, 0.1) is 83.3 Å². The van der Waals surface area contributed by atoms with Crippen LogP contribution in [0.5, 0.6) is 0 Å². The maximum Gasteiger partial charge on any atom is 0.123 e. The molecule has 10 heteroatoms. The zero-order valence-corrected chi connectivity index (χ0v) is 27.0. The summed E-state index contributed by atoms with van der Waals surface area (Å²) in [5.41, 5.74) is 7.98. The first-order valence-electron chi connectivity index (χ1n) is 15.4. The van der Waals surface area contributed by atoms with Gasteiger partial charge in [0.25, 0.3) is 0 Å². The van der Waals surface area contributed by atoms with Gasteiger partial charge >= 0.3 is 0 Å². The summed E-state index contributed by atoms with van der Waals surface area (Å²) < 4.78 is 28.1. The molecule has 0 spiro atoms. The number of benzene rings is 4. The van der Waals surface area contributed by atoms with Gasteiger partial charge in [0.15, 0.2) is 0 Å². The van der Waals surface area contributed by atoms with Crippen molar-refractivity contribution in [3.05, 3.63) is 166 Å². The number of rotatable bonds is 10. The van der Waals surface area contributed by atoms with E-state index in [0.717, 1.165) is 22.5 Å². The molecule has 2 heterocycles. The van der Waals surface area contributed by atoms with Crippen LogP contribution in [-0.2, 0) is 35.9 Å².